The Bertz CT molecular complexity index is 711. The highest BCUT2D eigenvalue weighted by Crippen LogP contribution is 2.38. The van der Waals surface area contributed by atoms with E-state index in [1.807, 2.05) is 12.1 Å². The van der Waals surface area contributed by atoms with E-state index in [1.165, 1.54) is 35.2 Å². The van der Waals surface area contributed by atoms with Crippen molar-refractivity contribution in [2.45, 2.75) is 25.8 Å². The fourth-order valence-electron chi connectivity index (χ4n) is 3.81. The van der Waals surface area contributed by atoms with Crippen LogP contribution >= 0.6 is 11.6 Å². The topological polar surface area (TPSA) is 15.3 Å². The molecule has 22 heavy (non-hydrogen) atoms. The average molecular weight is 313 g/mol. The van der Waals surface area contributed by atoms with Crippen molar-refractivity contribution in [2.75, 3.05) is 24.5 Å². The largest absolute Gasteiger partial charge is 0.367 e. The highest BCUT2D eigenvalue weighted by Gasteiger charge is 2.30. The molecule has 2 nitrogen and oxygen atoms in total. The summed E-state index contributed by atoms with van der Waals surface area (Å²) in [5.41, 5.74) is 6.60. The molecule has 114 valence electrons. The highest BCUT2D eigenvalue weighted by atomic mass is 35.5. The Hall–Kier alpha value is -1.51. The molecule has 0 aliphatic carbocycles. The van der Waals surface area contributed by atoms with Crippen molar-refractivity contribution in [3.8, 4) is 11.1 Å². The van der Waals surface area contributed by atoms with Crippen LogP contribution in [0.3, 0.4) is 0 Å². The monoisotopic (exact) mass is 312 g/mol. The van der Waals surface area contributed by atoms with Crippen molar-refractivity contribution in [3.63, 3.8) is 0 Å². The molecule has 1 saturated heterocycles. The average Bonchev–Trinajstić information content (AvgIpc) is 2.71. The van der Waals surface area contributed by atoms with Crippen molar-refractivity contribution in [1.82, 2.24) is 5.32 Å². The number of nitrogens with one attached hydrogen (secondary N) is 1. The van der Waals surface area contributed by atoms with E-state index in [9.17, 15) is 0 Å². The maximum atomic E-state index is 6.29. The van der Waals surface area contributed by atoms with Gasteiger partial charge in [-0.25, -0.2) is 0 Å². The molecule has 2 heterocycles. The molecule has 2 aromatic carbocycles. The van der Waals surface area contributed by atoms with Crippen LogP contribution < -0.4 is 10.2 Å². The minimum absolute atomic E-state index is 0.667. The first-order chi connectivity index (χ1) is 10.7. The van der Waals surface area contributed by atoms with E-state index >= 15 is 0 Å². The molecule has 0 saturated carbocycles. The number of nitrogens with zero attached hydrogens (tertiary/aromatic N) is 1. The third-order valence-corrected chi connectivity index (χ3v) is 5.46. The molecule has 0 aromatic heterocycles. The summed E-state index contributed by atoms with van der Waals surface area (Å²) in [5, 5.41) is 4.35. The number of benzene rings is 2. The summed E-state index contributed by atoms with van der Waals surface area (Å²) in [6.07, 6.45) is 2.42. The molecule has 1 N–H and O–H groups in total. The van der Waals surface area contributed by atoms with Gasteiger partial charge in [-0.1, -0.05) is 35.9 Å². The molecule has 3 heteroatoms. The maximum Gasteiger partial charge on any atom is 0.0441 e. The lowest BCUT2D eigenvalue weighted by Crippen LogP contribution is -2.32. The lowest BCUT2D eigenvalue weighted by molar-refractivity contribution is 0.612. The van der Waals surface area contributed by atoms with E-state index in [4.69, 9.17) is 11.6 Å². The summed E-state index contributed by atoms with van der Waals surface area (Å²) in [6.45, 7) is 5.42. The van der Waals surface area contributed by atoms with Gasteiger partial charge in [-0.05, 0) is 60.7 Å². The van der Waals surface area contributed by atoms with Gasteiger partial charge in [0.2, 0.25) is 0 Å². The third-order valence-electron chi connectivity index (χ3n) is 5.05. The summed E-state index contributed by atoms with van der Waals surface area (Å²) in [7, 11) is 0. The zero-order valence-corrected chi connectivity index (χ0v) is 13.7. The molecule has 0 bridgehead atoms. The van der Waals surface area contributed by atoms with E-state index in [1.54, 1.807) is 0 Å². The van der Waals surface area contributed by atoms with Gasteiger partial charge in [-0.3, -0.25) is 0 Å². The summed E-state index contributed by atoms with van der Waals surface area (Å²) in [6, 6.07) is 13.8. The van der Waals surface area contributed by atoms with Crippen molar-refractivity contribution in [1.29, 1.82) is 0 Å². The van der Waals surface area contributed by atoms with Gasteiger partial charge in [-0.15, -0.1) is 0 Å². The van der Waals surface area contributed by atoms with E-state index in [2.05, 4.69) is 41.4 Å². The maximum absolute atomic E-state index is 6.29. The lowest BCUT2D eigenvalue weighted by atomic mass is 9.98. The van der Waals surface area contributed by atoms with Gasteiger partial charge in [-0.2, -0.15) is 0 Å². The molecule has 2 aliphatic rings. The number of hydrogen-bond acceptors (Lipinski definition) is 2. The van der Waals surface area contributed by atoms with Crippen LogP contribution in [0.2, 0.25) is 5.02 Å². The van der Waals surface area contributed by atoms with Crippen LogP contribution in [0.4, 0.5) is 5.69 Å². The van der Waals surface area contributed by atoms with Crippen molar-refractivity contribution >= 4 is 17.3 Å². The molecule has 0 radical (unpaired) electrons. The summed E-state index contributed by atoms with van der Waals surface area (Å²) >= 11 is 6.29. The predicted octanol–water partition coefficient (Wildman–Crippen LogP) is 4.04. The summed E-state index contributed by atoms with van der Waals surface area (Å²) in [5.74, 6) is 0. The Morgan fingerprint density at radius 2 is 2.09 bits per heavy atom. The summed E-state index contributed by atoms with van der Waals surface area (Å²) in [4.78, 5) is 2.60. The number of rotatable bonds is 1. The number of fused-ring (bicyclic) bond motifs is 3. The predicted molar refractivity (Wildman–Crippen MR) is 93.9 cm³/mol. The Morgan fingerprint density at radius 1 is 1.18 bits per heavy atom. The molecular formula is C19H21ClN2. The smallest absolute Gasteiger partial charge is 0.0441 e. The standard InChI is InChI=1S/C19H21ClN2/c1-13-17(3-2-4-18(13)20)14-5-6-15-11-16-7-8-21-9-10-22(16)19(15)12-14/h2-6,12,16,21H,7-11H2,1H3. The quantitative estimate of drug-likeness (QED) is 0.855. The Morgan fingerprint density at radius 3 is 3.00 bits per heavy atom. The van der Waals surface area contributed by atoms with Crippen LogP contribution in [0.5, 0.6) is 0 Å². The fraction of sp³-hybridized carbons (Fsp3) is 0.368. The van der Waals surface area contributed by atoms with Crippen molar-refractivity contribution < 1.29 is 0 Å². The second-order valence-corrected chi connectivity index (χ2v) is 6.75. The number of hydrogen-bond donors (Lipinski definition) is 1. The third kappa shape index (κ3) is 2.31. The molecule has 0 spiro atoms. The molecule has 4 rings (SSSR count). The second-order valence-electron chi connectivity index (χ2n) is 6.35. The second kappa shape index (κ2) is 5.60. The first-order valence-corrected chi connectivity index (χ1v) is 8.47. The molecule has 2 aliphatic heterocycles. The SMILES string of the molecule is Cc1c(Cl)cccc1-c1ccc2c(c1)N1CCNCCC1C2. The van der Waals surface area contributed by atoms with Crippen LogP contribution in [0.15, 0.2) is 36.4 Å². The van der Waals surface area contributed by atoms with Gasteiger partial charge in [0.15, 0.2) is 0 Å². The molecule has 1 fully saturated rings. The molecule has 2 aromatic rings. The van der Waals surface area contributed by atoms with E-state index in [0.717, 1.165) is 30.2 Å². The van der Waals surface area contributed by atoms with E-state index < -0.39 is 0 Å². The minimum Gasteiger partial charge on any atom is -0.367 e. The Labute approximate surface area is 137 Å². The van der Waals surface area contributed by atoms with Crippen LogP contribution in [0.1, 0.15) is 17.5 Å². The number of halogens is 1. The van der Waals surface area contributed by atoms with E-state index in [0.29, 0.717) is 6.04 Å². The van der Waals surface area contributed by atoms with Crippen LogP contribution in [0.25, 0.3) is 11.1 Å². The molecule has 1 atom stereocenters. The van der Waals surface area contributed by atoms with Crippen LogP contribution in [0, 0.1) is 6.92 Å². The Kier molecular flexibility index (Phi) is 3.59. The highest BCUT2D eigenvalue weighted by molar-refractivity contribution is 6.31. The van der Waals surface area contributed by atoms with Gasteiger partial charge in [0.25, 0.3) is 0 Å². The zero-order valence-electron chi connectivity index (χ0n) is 12.9. The van der Waals surface area contributed by atoms with Gasteiger partial charge < -0.3 is 10.2 Å². The summed E-state index contributed by atoms with van der Waals surface area (Å²) < 4.78 is 0. The lowest BCUT2D eigenvalue weighted by Gasteiger charge is -2.25. The van der Waals surface area contributed by atoms with Crippen molar-refractivity contribution in [2.24, 2.45) is 0 Å². The minimum atomic E-state index is 0.667. The van der Waals surface area contributed by atoms with Crippen LogP contribution in [-0.2, 0) is 6.42 Å². The molecule has 0 amide bonds. The zero-order chi connectivity index (χ0) is 15.1. The first-order valence-electron chi connectivity index (χ1n) is 8.10. The first kappa shape index (κ1) is 14.1. The normalized spacial score (nSPS) is 20.5. The molecule has 1 unspecified atom stereocenters. The molecular weight excluding hydrogens is 292 g/mol. The number of anilines is 1. The Balaban J connectivity index is 1.76. The van der Waals surface area contributed by atoms with Crippen LogP contribution in [-0.4, -0.2) is 25.7 Å². The van der Waals surface area contributed by atoms with E-state index in [-0.39, 0.29) is 0 Å². The fourth-order valence-corrected chi connectivity index (χ4v) is 3.98. The van der Waals surface area contributed by atoms with Gasteiger partial charge in [0.1, 0.15) is 0 Å². The van der Waals surface area contributed by atoms with Crippen molar-refractivity contribution in [3.05, 3.63) is 52.5 Å². The van der Waals surface area contributed by atoms with Gasteiger partial charge in [0, 0.05) is 29.8 Å². The van der Waals surface area contributed by atoms with Gasteiger partial charge >= 0.3 is 0 Å². The van der Waals surface area contributed by atoms with Gasteiger partial charge in [0.05, 0.1) is 0 Å².